The Labute approximate surface area is 103 Å². The molecule has 6 nitrogen and oxygen atoms in total. The second-order valence-corrected chi connectivity index (χ2v) is 3.99. The largest absolute Gasteiger partial charge is 0.295 e. The maximum Gasteiger partial charge on any atom is 0.274 e. The zero-order valence-electron chi connectivity index (χ0n) is 10.1. The molecule has 0 atom stereocenters. The van der Waals surface area contributed by atoms with E-state index >= 15 is 0 Å². The minimum atomic E-state index is -0.481. The highest BCUT2D eigenvalue weighted by Crippen LogP contribution is 2.15. The first-order valence-electron chi connectivity index (χ1n) is 5.60. The molecule has 1 heterocycles. The summed E-state index contributed by atoms with van der Waals surface area (Å²) in [5.41, 5.74) is 1.74. The van der Waals surface area contributed by atoms with Gasteiger partial charge in [-0.15, -0.1) is 0 Å². The molecule has 1 aromatic carbocycles. The zero-order chi connectivity index (χ0) is 13.3. The fourth-order valence-electron chi connectivity index (χ4n) is 1.84. The Bertz CT molecular complexity index is 655. The SMILES string of the molecule is CCc1[nH]n(-c2cccc([N+](=O)[O-])c2)c(=O)c1C. The lowest BCUT2D eigenvalue weighted by atomic mass is 10.2. The van der Waals surface area contributed by atoms with E-state index in [-0.39, 0.29) is 11.2 Å². The second kappa shape index (κ2) is 4.48. The quantitative estimate of drug-likeness (QED) is 0.664. The summed E-state index contributed by atoms with van der Waals surface area (Å²) in [4.78, 5) is 22.2. The van der Waals surface area contributed by atoms with Crippen molar-refractivity contribution in [2.45, 2.75) is 20.3 Å². The van der Waals surface area contributed by atoms with Gasteiger partial charge in [0.15, 0.2) is 0 Å². The van der Waals surface area contributed by atoms with Gasteiger partial charge in [-0.3, -0.25) is 20.0 Å². The molecule has 0 amide bonds. The summed E-state index contributed by atoms with van der Waals surface area (Å²) >= 11 is 0. The number of hydrogen-bond acceptors (Lipinski definition) is 3. The van der Waals surface area contributed by atoms with Gasteiger partial charge in [-0.1, -0.05) is 13.0 Å². The normalized spacial score (nSPS) is 10.6. The summed E-state index contributed by atoms with van der Waals surface area (Å²) in [7, 11) is 0. The van der Waals surface area contributed by atoms with Crippen LogP contribution in [0.2, 0.25) is 0 Å². The molecule has 0 bridgehead atoms. The summed E-state index contributed by atoms with van der Waals surface area (Å²) in [5, 5.41) is 13.7. The lowest BCUT2D eigenvalue weighted by molar-refractivity contribution is -0.384. The fraction of sp³-hybridized carbons (Fsp3) is 0.250. The molecule has 0 aliphatic heterocycles. The van der Waals surface area contributed by atoms with Crippen molar-refractivity contribution in [2.75, 3.05) is 0 Å². The van der Waals surface area contributed by atoms with Crippen molar-refractivity contribution in [1.29, 1.82) is 0 Å². The van der Waals surface area contributed by atoms with E-state index < -0.39 is 4.92 Å². The Morgan fingerprint density at radius 2 is 2.17 bits per heavy atom. The number of H-pyrrole nitrogens is 1. The number of nitrogens with one attached hydrogen (secondary N) is 1. The highest BCUT2D eigenvalue weighted by molar-refractivity contribution is 5.43. The molecule has 2 aromatic rings. The Kier molecular flexibility index (Phi) is 3.01. The maximum atomic E-state index is 12.0. The first kappa shape index (κ1) is 12.1. The molecule has 1 aromatic heterocycles. The van der Waals surface area contributed by atoms with Gasteiger partial charge < -0.3 is 0 Å². The molecule has 94 valence electrons. The average molecular weight is 247 g/mol. The zero-order valence-corrected chi connectivity index (χ0v) is 10.1. The van der Waals surface area contributed by atoms with E-state index in [1.807, 2.05) is 6.92 Å². The molecule has 0 spiro atoms. The van der Waals surface area contributed by atoms with Crippen LogP contribution in [0.1, 0.15) is 18.2 Å². The van der Waals surface area contributed by atoms with E-state index in [4.69, 9.17) is 0 Å². The third-order valence-electron chi connectivity index (χ3n) is 2.88. The van der Waals surface area contributed by atoms with E-state index in [2.05, 4.69) is 5.10 Å². The Morgan fingerprint density at radius 3 is 2.72 bits per heavy atom. The molecule has 1 N–H and O–H groups in total. The lowest BCUT2D eigenvalue weighted by Crippen LogP contribution is -2.15. The van der Waals surface area contributed by atoms with Gasteiger partial charge in [0.05, 0.1) is 10.6 Å². The topological polar surface area (TPSA) is 80.9 Å². The van der Waals surface area contributed by atoms with Crippen LogP contribution in [0, 0.1) is 17.0 Å². The van der Waals surface area contributed by atoms with Crippen molar-refractivity contribution in [3.8, 4) is 5.69 Å². The lowest BCUT2D eigenvalue weighted by Gasteiger charge is -2.01. The third kappa shape index (κ3) is 1.92. The minimum absolute atomic E-state index is 0.0373. The van der Waals surface area contributed by atoms with Crippen LogP contribution in [0.3, 0.4) is 0 Å². The molecule has 0 aliphatic rings. The van der Waals surface area contributed by atoms with Crippen molar-refractivity contribution >= 4 is 5.69 Å². The molecule has 0 saturated carbocycles. The van der Waals surface area contributed by atoms with Crippen molar-refractivity contribution in [3.05, 3.63) is 56.0 Å². The molecule has 6 heteroatoms. The summed E-state index contributed by atoms with van der Waals surface area (Å²) in [6.07, 6.45) is 0.711. The number of rotatable bonds is 3. The van der Waals surface area contributed by atoms with E-state index in [1.165, 1.54) is 16.8 Å². The van der Waals surface area contributed by atoms with Gasteiger partial charge in [0, 0.05) is 23.4 Å². The van der Waals surface area contributed by atoms with Gasteiger partial charge in [-0.2, -0.15) is 0 Å². The minimum Gasteiger partial charge on any atom is -0.295 e. The van der Waals surface area contributed by atoms with Crippen LogP contribution in [0.5, 0.6) is 0 Å². The van der Waals surface area contributed by atoms with Gasteiger partial charge in [0.1, 0.15) is 0 Å². The van der Waals surface area contributed by atoms with Gasteiger partial charge in [0.2, 0.25) is 0 Å². The van der Waals surface area contributed by atoms with E-state index in [1.54, 1.807) is 19.1 Å². The highest BCUT2D eigenvalue weighted by Gasteiger charge is 2.12. The predicted octanol–water partition coefficient (Wildman–Crippen LogP) is 1.94. The van der Waals surface area contributed by atoms with E-state index in [9.17, 15) is 14.9 Å². The second-order valence-electron chi connectivity index (χ2n) is 3.99. The number of benzene rings is 1. The van der Waals surface area contributed by atoms with Gasteiger partial charge >= 0.3 is 0 Å². The molecule has 18 heavy (non-hydrogen) atoms. The predicted molar refractivity (Wildman–Crippen MR) is 67.2 cm³/mol. The van der Waals surface area contributed by atoms with Crippen LogP contribution in [0.25, 0.3) is 5.69 Å². The average Bonchev–Trinajstić information content (AvgIpc) is 2.66. The Balaban J connectivity index is 2.59. The first-order valence-corrected chi connectivity index (χ1v) is 5.60. The number of non-ortho nitro benzene ring substituents is 1. The number of nitro groups is 1. The number of aryl methyl sites for hydroxylation is 1. The molecule has 0 saturated heterocycles. The van der Waals surface area contributed by atoms with Crippen molar-refractivity contribution in [1.82, 2.24) is 9.78 Å². The number of aromatic nitrogens is 2. The summed E-state index contributed by atoms with van der Waals surface area (Å²) in [6, 6.07) is 5.98. The monoisotopic (exact) mass is 247 g/mol. The molecule has 0 aliphatic carbocycles. The third-order valence-corrected chi connectivity index (χ3v) is 2.88. The van der Waals surface area contributed by atoms with Gasteiger partial charge in [-0.25, -0.2) is 4.68 Å². The van der Waals surface area contributed by atoms with Crippen LogP contribution in [0.15, 0.2) is 29.1 Å². The standard InChI is InChI=1S/C12H13N3O3/c1-3-11-8(2)12(16)14(13-11)9-5-4-6-10(7-9)15(17)18/h4-7,13H,3H2,1-2H3. The van der Waals surface area contributed by atoms with Gasteiger partial charge in [0.25, 0.3) is 11.2 Å². The Morgan fingerprint density at radius 1 is 1.44 bits per heavy atom. The van der Waals surface area contributed by atoms with Crippen LogP contribution >= 0.6 is 0 Å². The highest BCUT2D eigenvalue weighted by atomic mass is 16.6. The van der Waals surface area contributed by atoms with Crippen LogP contribution in [-0.2, 0) is 6.42 Å². The van der Waals surface area contributed by atoms with Crippen molar-refractivity contribution in [2.24, 2.45) is 0 Å². The number of hydrogen-bond donors (Lipinski definition) is 1. The fourth-order valence-corrected chi connectivity index (χ4v) is 1.84. The smallest absolute Gasteiger partial charge is 0.274 e. The van der Waals surface area contributed by atoms with Crippen molar-refractivity contribution in [3.63, 3.8) is 0 Å². The van der Waals surface area contributed by atoms with Crippen LogP contribution in [0.4, 0.5) is 5.69 Å². The Hall–Kier alpha value is -2.37. The summed E-state index contributed by atoms with van der Waals surface area (Å²) < 4.78 is 1.33. The first-order chi connectivity index (χ1) is 8.54. The summed E-state index contributed by atoms with van der Waals surface area (Å²) in [5.74, 6) is 0. The van der Waals surface area contributed by atoms with Gasteiger partial charge in [-0.05, 0) is 19.4 Å². The number of nitrogens with zero attached hydrogens (tertiary/aromatic N) is 2. The van der Waals surface area contributed by atoms with E-state index in [0.717, 1.165) is 5.69 Å². The number of nitro benzene ring substituents is 1. The summed E-state index contributed by atoms with van der Waals surface area (Å²) in [6.45, 7) is 3.68. The molecule has 0 unspecified atom stereocenters. The van der Waals surface area contributed by atoms with Crippen LogP contribution in [-0.4, -0.2) is 14.7 Å². The van der Waals surface area contributed by atoms with Crippen LogP contribution < -0.4 is 5.56 Å². The number of aromatic amines is 1. The van der Waals surface area contributed by atoms with E-state index in [0.29, 0.717) is 17.7 Å². The molecular formula is C12H13N3O3. The van der Waals surface area contributed by atoms with Crippen molar-refractivity contribution < 1.29 is 4.92 Å². The molecular weight excluding hydrogens is 234 g/mol. The molecule has 0 radical (unpaired) electrons. The maximum absolute atomic E-state index is 12.0. The molecule has 2 rings (SSSR count). The molecule has 0 fully saturated rings.